The summed E-state index contributed by atoms with van der Waals surface area (Å²) >= 11 is 0. The Hall–Kier alpha value is -1.91. The molecule has 0 aromatic heterocycles. The number of carbonyl (C=O) groups excluding carboxylic acids is 1. The van der Waals surface area contributed by atoms with Gasteiger partial charge in [0.1, 0.15) is 11.9 Å². The molecule has 1 heterocycles. The number of aliphatic imine (C=N–C) groups is 1. The zero-order chi connectivity index (χ0) is 12.4. The van der Waals surface area contributed by atoms with Crippen LogP contribution in [0.5, 0.6) is 0 Å². The van der Waals surface area contributed by atoms with Crippen molar-refractivity contribution in [1.29, 1.82) is 0 Å². The minimum absolute atomic E-state index is 0.276. The van der Waals surface area contributed by atoms with Gasteiger partial charge in [-0.05, 0) is 19.9 Å². The molecule has 1 fully saturated rings. The zero-order valence-electron chi connectivity index (χ0n) is 9.75. The predicted molar refractivity (Wildman–Crippen MR) is 63.1 cm³/mol. The van der Waals surface area contributed by atoms with Crippen LogP contribution in [0.25, 0.3) is 0 Å². The molecule has 2 N–H and O–H groups in total. The first-order chi connectivity index (χ1) is 8.11. The Labute approximate surface area is 98.9 Å². The lowest BCUT2D eigenvalue weighted by Gasteiger charge is -2.10. The van der Waals surface area contributed by atoms with Crippen molar-refractivity contribution >= 4 is 11.9 Å². The summed E-state index contributed by atoms with van der Waals surface area (Å²) in [7, 11) is 0. The van der Waals surface area contributed by atoms with Crippen molar-refractivity contribution in [2.45, 2.75) is 19.9 Å². The fourth-order valence-electron chi connectivity index (χ4n) is 1.77. The van der Waals surface area contributed by atoms with Gasteiger partial charge in [-0.1, -0.05) is 17.7 Å². The van der Waals surface area contributed by atoms with Crippen LogP contribution in [-0.4, -0.2) is 18.4 Å². The van der Waals surface area contributed by atoms with Crippen molar-refractivity contribution in [3.05, 3.63) is 35.1 Å². The summed E-state index contributed by atoms with van der Waals surface area (Å²) in [6.45, 7) is 4.28. The summed E-state index contributed by atoms with van der Waals surface area (Å²) < 4.78 is 13.6. The molecule has 2 rings (SSSR count). The molecular weight excluding hydrogens is 221 g/mol. The molecule has 1 aliphatic rings. The van der Waals surface area contributed by atoms with Gasteiger partial charge in [-0.3, -0.25) is 15.1 Å². The number of nitrogens with zero attached hydrogens (tertiary/aromatic N) is 1. The van der Waals surface area contributed by atoms with Gasteiger partial charge >= 0.3 is 0 Å². The van der Waals surface area contributed by atoms with Gasteiger partial charge in [-0.2, -0.15) is 0 Å². The molecular formula is C12H14FN3O. The molecule has 1 aromatic carbocycles. The van der Waals surface area contributed by atoms with Crippen LogP contribution in [0.15, 0.2) is 23.2 Å². The predicted octanol–water partition coefficient (Wildman–Crippen LogP) is 1.27. The third-order valence-electron chi connectivity index (χ3n) is 2.56. The molecule has 0 aliphatic carbocycles. The van der Waals surface area contributed by atoms with E-state index in [9.17, 15) is 9.18 Å². The summed E-state index contributed by atoms with van der Waals surface area (Å²) in [4.78, 5) is 15.8. The highest BCUT2D eigenvalue weighted by molar-refractivity contribution is 6.06. The maximum atomic E-state index is 13.6. The molecule has 4 nitrogen and oxygen atoms in total. The van der Waals surface area contributed by atoms with E-state index < -0.39 is 6.04 Å². The van der Waals surface area contributed by atoms with E-state index in [-0.39, 0.29) is 11.7 Å². The Morgan fingerprint density at radius 1 is 1.47 bits per heavy atom. The standard InChI is InChI=1S/C12H14FN3O/c1-3-14-12-15-10(11(17)16-12)8-6-7(2)4-5-9(8)13/h4-6,10H,3H2,1-2H3,(H2,14,15,16,17). The lowest BCUT2D eigenvalue weighted by atomic mass is 10.0. The van der Waals surface area contributed by atoms with Gasteiger partial charge in [0.15, 0.2) is 5.96 Å². The molecule has 0 bridgehead atoms. The quantitative estimate of drug-likeness (QED) is 0.811. The van der Waals surface area contributed by atoms with Gasteiger partial charge in [0.25, 0.3) is 5.91 Å². The minimum atomic E-state index is -0.694. The molecule has 17 heavy (non-hydrogen) atoms. The number of benzene rings is 1. The number of aryl methyl sites for hydroxylation is 1. The number of nitrogens with one attached hydrogen (secondary N) is 2. The lowest BCUT2D eigenvalue weighted by molar-refractivity contribution is -0.120. The summed E-state index contributed by atoms with van der Waals surface area (Å²) in [5.41, 5.74) is 1.26. The van der Waals surface area contributed by atoms with Crippen molar-refractivity contribution < 1.29 is 9.18 Å². The molecule has 1 unspecified atom stereocenters. The summed E-state index contributed by atoms with van der Waals surface area (Å²) in [5.74, 6) is -0.258. The molecule has 0 spiro atoms. The van der Waals surface area contributed by atoms with Gasteiger partial charge in [-0.25, -0.2) is 4.39 Å². The van der Waals surface area contributed by atoms with Gasteiger partial charge in [0.05, 0.1) is 0 Å². The third kappa shape index (κ3) is 2.27. The van der Waals surface area contributed by atoms with Crippen LogP contribution in [0.3, 0.4) is 0 Å². The number of amides is 1. The van der Waals surface area contributed by atoms with Gasteiger partial charge in [0.2, 0.25) is 0 Å². The van der Waals surface area contributed by atoms with Gasteiger partial charge in [-0.15, -0.1) is 0 Å². The minimum Gasteiger partial charge on any atom is -0.340 e. The second-order valence-corrected chi connectivity index (χ2v) is 3.91. The second-order valence-electron chi connectivity index (χ2n) is 3.91. The zero-order valence-corrected chi connectivity index (χ0v) is 9.75. The molecule has 1 amide bonds. The number of halogens is 1. The van der Waals surface area contributed by atoms with E-state index in [4.69, 9.17) is 0 Å². The van der Waals surface area contributed by atoms with E-state index in [1.807, 2.05) is 13.8 Å². The van der Waals surface area contributed by atoms with Crippen LogP contribution in [-0.2, 0) is 4.79 Å². The van der Waals surface area contributed by atoms with Crippen molar-refractivity contribution in [1.82, 2.24) is 10.6 Å². The monoisotopic (exact) mass is 235 g/mol. The fraction of sp³-hybridized carbons (Fsp3) is 0.333. The highest BCUT2D eigenvalue weighted by atomic mass is 19.1. The lowest BCUT2D eigenvalue weighted by Crippen LogP contribution is -2.25. The molecule has 0 saturated carbocycles. The number of hydrogen-bond acceptors (Lipinski definition) is 2. The Morgan fingerprint density at radius 2 is 2.24 bits per heavy atom. The van der Waals surface area contributed by atoms with Gasteiger partial charge < -0.3 is 5.32 Å². The second kappa shape index (κ2) is 4.53. The van der Waals surface area contributed by atoms with Gasteiger partial charge in [0, 0.05) is 12.1 Å². The van der Waals surface area contributed by atoms with E-state index in [1.165, 1.54) is 6.07 Å². The number of hydrogen-bond donors (Lipinski definition) is 2. The molecule has 90 valence electrons. The Morgan fingerprint density at radius 3 is 2.94 bits per heavy atom. The first kappa shape index (κ1) is 11.6. The maximum absolute atomic E-state index is 13.6. The summed E-state index contributed by atoms with van der Waals surface area (Å²) in [5, 5.41) is 5.46. The fourth-order valence-corrected chi connectivity index (χ4v) is 1.77. The number of rotatable bonds is 2. The van der Waals surface area contributed by atoms with E-state index >= 15 is 0 Å². The van der Waals surface area contributed by atoms with E-state index in [1.54, 1.807) is 12.1 Å². The SMILES string of the molecule is CCN=C1NC(=O)C(c2cc(C)ccc2F)N1. The molecule has 1 saturated heterocycles. The molecule has 5 heteroatoms. The topological polar surface area (TPSA) is 53.5 Å². The average molecular weight is 235 g/mol. The van der Waals surface area contributed by atoms with E-state index in [0.717, 1.165) is 5.56 Å². The van der Waals surface area contributed by atoms with E-state index in [0.29, 0.717) is 18.1 Å². The van der Waals surface area contributed by atoms with Crippen LogP contribution in [0.4, 0.5) is 4.39 Å². The van der Waals surface area contributed by atoms with Crippen LogP contribution >= 0.6 is 0 Å². The third-order valence-corrected chi connectivity index (χ3v) is 2.56. The van der Waals surface area contributed by atoms with Crippen molar-refractivity contribution in [3.63, 3.8) is 0 Å². The highest BCUT2D eigenvalue weighted by Crippen LogP contribution is 2.21. The van der Waals surface area contributed by atoms with Crippen LogP contribution in [0.1, 0.15) is 24.1 Å². The Bertz CT molecular complexity index is 485. The summed E-state index contributed by atoms with van der Waals surface area (Å²) in [6.07, 6.45) is 0. The highest BCUT2D eigenvalue weighted by Gasteiger charge is 2.31. The number of carbonyl (C=O) groups is 1. The maximum Gasteiger partial charge on any atom is 0.254 e. The average Bonchev–Trinajstić information content (AvgIpc) is 2.64. The normalized spacial score (nSPS) is 21.5. The number of guanidine groups is 1. The summed E-state index contributed by atoms with van der Waals surface area (Å²) in [6, 6.07) is 4.02. The van der Waals surface area contributed by atoms with Crippen molar-refractivity contribution in [3.8, 4) is 0 Å². The van der Waals surface area contributed by atoms with Crippen LogP contribution in [0, 0.1) is 12.7 Å². The van der Waals surface area contributed by atoms with Crippen LogP contribution in [0.2, 0.25) is 0 Å². The molecule has 0 radical (unpaired) electrons. The van der Waals surface area contributed by atoms with E-state index in [2.05, 4.69) is 15.6 Å². The Balaban J connectivity index is 2.32. The molecule has 1 aliphatic heterocycles. The largest absolute Gasteiger partial charge is 0.340 e. The molecule has 1 aromatic rings. The first-order valence-corrected chi connectivity index (χ1v) is 5.49. The first-order valence-electron chi connectivity index (χ1n) is 5.49. The Kier molecular flexibility index (Phi) is 3.08. The smallest absolute Gasteiger partial charge is 0.254 e. The van der Waals surface area contributed by atoms with Crippen molar-refractivity contribution in [2.24, 2.45) is 4.99 Å². The molecule has 1 atom stereocenters. The van der Waals surface area contributed by atoms with Crippen molar-refractivity contribution in [2.75, 3.05) is 6.54 Å². The van der Waals surface area contributed by atoms with Crippen LogP contribution < -0.4 is 10.6 Å².